The maximum absolute atomic E-state index is 11.3. The van der Waals surface area contributed by atoms with Crippen molar-refractivity contribution in [2.45, 2.75) is 27.2 Å². The molecule has 0 saturated heterocycles. The van der Waals surface area contributed by atoms with E-state index in [0.717, 1.165) is 17.6 Å². The SMILES string of the molecule is C=C1CC(C(C)C)=C(C)C1=O. The molecule has 0 spiro atoms. The molecule has 60 valence electrons. The molecule has 1 aliphatic rings. The molecule has 0 aromatic carbocycles. The van der Waals surface area contributed by atoms with Crippen molar-refractivity contribution in [1.82, 2.24) is 0 Å². The average Bonchev–Trinajstić information content (AvgIpc) is 2.17. The summed E-state index contributed by atoms with van der Waals surface area (Å²) >= 11 is 0. The molecular formula is C10H14O. The van der Waals surface area contributed by atoms with Crippen molar-refractivity contribution in [2.75, 3.05) is 0 Å². The molecule has 0 unspecified atom stereocenters. The lowest BCUT2D eigenvalue weighted by Gasteiger charge is -2.05. The first-order chi connectivity index (χ1) is 5.04. The molecule has 0 saturated carbocycles. The predicted molar refractivity (Wildman–Crippen MR) is 46.3 cm³/mol. The molecule has 0 fully saturated rings. The molecule has 1 heteroatoms. The van der Waals surface area contributed by atoms with Crippen molar-refractivity contribution in [3.05, 3.63) is 23.3 Å². The number of carbonyl (C=O) groups is 1. The molecule has 0 aromatic heterocycles. The standard InChI is InChI=1S/C10H14O/c1-6(2)9-5-7(3)10(11)8(9)4/h6H,3,5H2,1-2,4H3. The maximum Gasteiger partial charge on any atom is 0.184 e. The normalized spacial score (nSPS) is 18.9. The molecule has 1 nitrogen and oxygen atoms in total. The highest BCUT2D eigenvalue weighted by atomic mass is 16.1. The summed E-state index contributed by atoms with van der Waals surface area (Å²) < 4.78 is 0. The highest BCUT2D eigenvalue weighted by Crippen LogP contribution is 2.31. The van der Waals surface area contributed by atoms with Crippen LogP contribution in [0.1, 0.15) is 27.2 Å². The average molecular weight is 150 g/mol. The fourth-order valence-electron chi connectivity index (χ4n) is 1.49. The number of rotatable bonds is 1. The minimum Gasteiger partial charge on any atom is -0.289 e. The van der Waals surface area contributed by atoms with Crippen LogP contribution in [-0.2, 0) is 4.79 Å². The number of hydrogen-bond acceptors (Lipinski definition) is 1. The van der Waals surface area contributed by atoms with E-state index in [0.29, 0.717) is 5.92 Å². The predicted octanol–water partition coefficient (Wildman–Crippen LogP) is 2.49. The van der Waals surface area contributed by atoms with Crippen LogP contribution in [0.5, 0.6) is 0 Å². The van der Waals surface area contributed by atoms with Crippen LogP contribution in [0.4, 0.5) is 0 Å². The zero-order chi connectivity index (χ0) is 8.59. The Morgan fingerprint density at radius 1 is 1.45 bits per heavy atom. The molecule has 0 amide bonds. The highest BCUT2D eigenvalue weighted by Gasteiger charge is 2.24. The molecule has 0 aliphatic heterocycles. The van der Waals surface area contributed by atoms with Gasteiger partial charge in [-0.3, -0.25) is 4.79 Å². The van der Waals surface area contributed by atoms with Crippen molar-refractivity contribution in [3.8, 4) is 0 Å². The van der Waals surface area contributed by atoms with E-state index in [1.165, 1.54) is 5.57 Å². The fraction of sp³-hybridized carbons (Fsp3) is 0.500. The van der Waals surface area contributed by atoms with Crippen molar-refractivity contribution >= 4 is 5.78 Å². The second kappa shape index (κ2) is 2.65. The lowest BCUT2D eigenvalue weighted by molar-refractivity contribution is -0.111. The first kappa shape index (κ1) is 8.25. The number of ketones is 1. The molecular weight excluding hydrogens is 136 g/mol. The van der Waals surface area contributed by atoms with Crippen LogP contribution in [0.25, 0.3) is 0 Å². The van der Waals surface area contributed by atoms with E-state index in [1.807, 2.05) is 6.92 Å². The molecule has 0 N–H and O–H groups in total. The van der Waals surface area contributed by atoms with Gasteiger partial charge < -0.3 is 0 Å². The van der Waals surface area contributed by atoms with Crippen LogP contribution < -0.4 is 0 Å². The fourth-order valence-corrected chi connectivity index (χ4v) is 1.49. The van der Waals surface area contributed by atoms with Gasteiger partial charge in [-0.2, -0.15) is 0 Å². The van der Waals surface area contributed by atoms with E-state index in [4.69, 9.17) is 0 Å². The number of allylic oxidation sites excluding steroid dienone is 3. The summed E-state index contributed by atoms with van der Waals surface area (Å²) in [5.41, 5.74) is 2.94. The van der Waals surface area contributed by atoms with Crippen LogP contribution in [0.15, 0.2) is 23.3 Å². The van der Waals surface area contributed by atoms with Gasteiger partial charge in [0.1, 0.15) is 0 Å². The van der Waals surface area contributed by atoms with Gasteiger partial charge in [-0.15, -0.1) is 0 Å². The molecule has 1 rings (SSSR count). The molecule has 11 heavy (non-hydrogen) atoms. The van der Waals surface area contributed by atoms with Gasteiger partial charge in [-0.25, -0.2) is 0 Å². The number of hydrogen-bond donors (Lipinski definition) is 0. The molecule has 0 atom stereocenters. The van der Waals surface area contributed by atoms with Crippen LogP contribution in [0.2, 0.25) is 0 Å². The Bertz CT molecular complexity index is 244. The van der Waals surface area contributed by atoms with Gasteiger partial charge >= 0.3 is 0 Å². The third-order valence-corrected chi connectivity index (χ3v) is 2.24. The van der Waals surface area contributed by atoms with Crippen LogP contribution in [0.3, 0.4) is 0 Å². The monoisotopic (exact) mass is 150 g/mol. The van der Waals surface area contributed by atoms with Crippen LogP contribution in [0, 0.1) is 5.92 Å². The second-order valence-electron chi connectivity index (χ2n) is 3.41. The van der Waals surface area contributed by atoms with Crippen LogP contribution >= 0.6 is 0 Å². The lowest BCUT2D eigenvalue weighted by Crippen LogP contribution is -1.95. The summed E-state index contributed by atoms with van der Waals surface area (Å²) in [6.45, 7) is 9.86. The van der Waals surface area contributed by atoms with Gasteiger partial charge in [0.25, 0.3) is 0 Å². The van der Waals surface area contributed by atoms with E-state index in [9.17, 15) is 4.79 Å². The minimum absolute atomic E-state index is 0.161. The Morgan fingerprint density at radius 2 is 2.00 bits per heavy atom. The lowest BCUT2D eigenvalue weighted by atomic mass is 10.00. The van der Waals surface area contributed by atoms with Crippen molar-refractivity contribution in [2.24, 2.45) is 5.92 Å². The van der Waals surface area contributed by atoms with E-state index < -0.39 is 0 Å². The van der Waals surface area contributed by atoms with Crippen molar-refractivity contribution in [1.29, 1.82) is 0 Å². The summed E-state index contributed by atoms with van der Waals surface area (Å²) in [4.78, 5) is 11.3. The third kappa shape index (κ3) is 1.28. The van der Waals surface area contributed by atoms with Gasteiger partial charge in [0.2, 0.25) is 0 Å². The summed E-state index contributed by atoms with van der Waals surface area (Å²) in [5.74, 6) is 0.645. The smallest absolute Gasteiger partial charge is 0.184 e. The van der Waals surface area contributed by atoms with E-state index in [2.05, 4.69) is 20.4 Å². The molecule has 1 aliphatic carbocycles. The van der Waals surface area contributed by atoms with Gasteiger partial charge in [0.05, 0.1) is 0 Å². The summed E-state index contributed by atoms with van der Waals surface area (Å²) in [6, 6.07) is 0. The van der Waals surface area contributed by atoms with Crippen LogP contribution in [-0.4, -0.2) is 5.78 Å². The summed E-state index contributed by atoms with van der Waals surface area (Å²) in [7, 11) is 0. The molecule has 0 heterocycles. The topological polar surface area (TPSA) is 17.1 Å². The van der Waals surface area contributed by atoms with E-state index in [1.54, 1.807) is 0 Å². The quantitative estimate of drug-likeness (QED) is 0.525. The minimum atomic E-state index is 0.161. The third-order valence-electron chi connectivity index (χ3n) is 2.24. The summed E-state index contributed by atoms with van der Waals surface area (Å²) in [5, 5.41) is 0. The zero-order valence-corrected chi connectivity index (χ0v) is 7.40. The molecule has 0 radical (unpaired) electrons. The Labute approximate surface area is 67.8 Å². The van der Waals surface area contributed by atoms with Gasteiger partial charge in [-0.05, 0) is 30.4 Å². The Hall–Kier alpha value is -0.850. The van der Waals surface area contributed by atoms with E-state index >= 15 is 0 Å². The number of carbonyl (C=O) groups excluding carboxylic acids is 1. The number of Topliss-reactive ketones (excluding diaryl/α,β-unsaturated/α-hetero) is 1. The Morgan fingerprint density at radius 3 is 2.18 bits per heavy atom. The first-order valence-corrected chi connectivity index (χ1v) is 3.96. The Kier molecular flexibility index (Phi) is 1.99. The Balaban J connectivity index is 2.98. The zero-order valence-electron chi connectivity index (χ0n) is 7.40. The van der Waals surface area contributed by atoms with Gasteiger partial charge in [-0.1, -0.05) is 26.0 Å². The second-order valence-corrected chi connectivity index (χ2v) is 3.41. The van der Waals surface area contributed by atoms with E-state index in [-0.39, 0.29) is 5.78 Å². The van der Waals surface area contributed by atoms with Crippen molar-refractivity contribution < 1.29 is 4.79 Å². The largest absolute Gasteiger partial charge is 0.289 e. The van der Waals surface area contributed by atoms with Crippen molar-refractivity contribution in [3.63, 3.8) is 0 Å². The maximum atomic E-state index is 11.3. The first-order valence-electron chi connectivity index (χ1n) is 3.96. The summed E-state index contributed by atoms with van der Waals surface area (Å²) in [6.07, 6.45) is 0.794. The van der Waals surface area contributed by atoms with Gasteiger partial charge in [0, 0.05) is 0 Å². The molecule has 0 aromatic rings. The molecule has 0 bridgehead atoms. The van der Waals surface area contributed by atoms with Gasteiger partial charge in [0.15, 0.2) is 5.78 Å². The highest BCUT2D eigenvalue weighted by molar-refractivity contribution is 6.11.